The number of carbonyl (C=O) groups is 1. The minimum absolute atomic E-state index is 0.270. The number of benzene rings is 3. The highest BCUT2D eigenvalue weighted by atomic mass is 35.5. The number of hydrogen-bond acceptors (Lipinski definition) is 5. The smallest absolute Gasteiger partial charge is 0.259 e. The lowest BCUT2D eigenvalue weighted by Crippen LogP contribution is -2.49. The van der Waals surface area contributed by atoms with Crippen LogP contribution in [0.15, 0.2) is 66.7 Å². The van der Waals surface area contributed by atoms with Gasteiger partial charge in [0, 0.05) is 37.1 Å². The summed E-state index contributed by atoms with van der Waals surface area (Å²) in [4.78, 5) is 21.3. The summed E-state index contributed by atoms with van der Waals surface area (Å²) in [6.45, 7) is 1.35. The van der Waals surface area contributed by atoms with Crippen molar-refractivity contribution < 1.29 is 13.6 Å². The van der Waals surface area contributed by atoms with E-state index in [9.17, 15) is 13.6 Å². The summed E-state index contributed by atoms with van der Waals surface area (Å²) in [7, 11) is 0. The molecule has 0 bridgehead atoms. The lowest BCUT2D eigenvalue weighted by molar-refractivity contribution is 0.0736. The third-order valence-electron chi connectivity index (χ3n) is 6.37. The van der Waals surface area contributed by atoms with E-state index in [0.717, 1.165) is 23.0 Å². The Bertz CT molecular complexity index is 1610. The van der Waals surface area contributed by atoms with Gasteiger partial charge in [0.15, 0.2) is 11.5 Å². The molecule has 0 spiro atoms. The number of anilines is 1. The fourth-order valence-corrected chi connectivity index (χ4v) is 4.79. The molecular formula is C26H19ClF2N6O. The van der Waals surface area contributed by atoms with Gasteiger partial charge < -0.3 is 9.80 Å². The van der Waals surface area contributed by atoms with Crippen LogP contribution in [0.3, 0.4) is 0 Å². The molecule has 3 heterocycles. The van der Waals surface area contributed by atoms with Crippen LogP contribution in [-0.2, 0) is 0 Å². The zero-order valence-electron chi connectivity index (χ0n) is 18.9. The Morgan fingerprint density at radius 1 is 0.833 bits per heavy atom. The highest BCUT2D eigenvalue weighted by Gasteiger charge is 2.29. The molecule has 0 saturated carbocycles. The van der Waals surface area contributed by atoms with Crippen molar-refractivity contribution in [2.24, 2.45) is 0 Å². The lowest BCUT2D eigenvalue weighted by atomic mass is 10.1. The molecule has 7 nitrogen and oxygen atoms in total. The molecule has 1 fully saturated rings. The van der Waals surface area contributed by atoms with Gasteiger partial charge in [-0.05, 0) is 36.4 Å². The minimum Gasteiger partial charge on any atom is -0.338 e. The summed E-state index contributed by atoms with van der Waals surface area (Å²) in [5.41, 5.74) is 1.58. The molecule has 1 aliphatic rings. The Labute approximate surface area is 209 Å². The SMILES string of the molecule is O=C(c1c(F)cccc1F)N1CCN(c2nc3ccccc3c3nnc(-c4ccccc4Cl)n23)CC1. The van der Waals surface area contributed by atoms with Gasteiger partial charge in [0.25, 0.3) is 5.91 Å². The van der Waals surface area contributed by atoms with E-state index >= 15 is 0 Å². The lowest BCUT2D eigenvalue weighted by Gasteiger charge is -2.35. The predicted molar refractivity (Wildman–Crippen MR) is 133 cm³/mol. The van der Waals surface area contributed by atoms with Crippen LogP contribution < -0.4 is 4.90 Å². The number of carbonyl (C=O) groups excluding carboxylic acids is 1. The summed E-state index contributed by atoms with van der Waals surface area (Å²) in [5.74, 6) is -1.24. The molecule has 6 rings (SSSR count). The third kappa shape index (κ3) is 3.63. The number of amides is 1. The first-order valence-corrected chi connectivity index (χ1v) is 11.8. The van der Waals surface area contributed by atoms with Gasteiger partial charge in [-0.3, -0.25) is 4.79 Å². The molecule has 0 radical (unpaired) electrons. The maximum Gasteiger partial charge on any atom is 0.259 e. The molecule has 0 aliphatic carbocycles. The topological polar surface area (TPSA) is 66.6 Å². The Kier molecular flexibility index (Phi) is 5.49. The number of aromatic nitrogens is 4. The molecule has 3 aromatic carbocycles. The van der Waals surface area contributed by atoms with Gasteiger partial charge in [0.1, 0.15) is 17.2 Å². The van der Waals surface area contributed by atoms with Crippen LogP contribution in [0.25, 0.3) is 27.9 Å². The number of rotatable bonds is 3. The van der Waals surface area contributed by atoms with Crippen molar-refractivity contribution in [3.8, 4) is 11.4 Å². The van der Waals surface area contributed by atoms with Crippen molar-refractivity contribution in [3.63, 3.8) is 0 Å². The van der Waals surface area contributed by atoms with Crippen molar-refractivity contribution in [2.75, 3.05) is 31.1 Å². The van der Waals surface area contributed by atoms with Crippen LogP contribution in [0.2, 0.25) is 5.02 Å². The van der Waals surface area contributed by atoms with Gasteiger partial charge in [-0.1, -0.05) is 41.9 Å². The number of nitrogens with zero attached hydrogens (tertiary/aromatic N) is 6. The van der Waals surface area contributed by atoms with Gasteiger partial charge in [-0.15, -0.1) is 10.2 Å². The molecule has 10 heteroatoms. The number of piperazine rings is 1. The molecule has 0 unspecified atom stereocenters. The standard InChI is InChI=1S/C26H19ClF2N6O/c27-18-8-3-1-6-16(18)23-31-32-24-17-7-2-4-11-21(17)30-26(35(23)24)34-14-12-33(13-15-34)25(36)22-19(28)9-5-10-20(22)29/h1-11H,12-15H2. The highest BCUT2D eigenvalue weighted by Crippen LogP contribution is 2.32. The van der Waals surface area contributed by atoms with Crippen molar-refractivity contribution in [2.45, 2.75) is 0 Å². The molecule has 2 aromatic heterocycles. The van der Waals surface area contributed by atoms with Crippen LogP contribution >= 0.6 is 11.6 Å². The van der Waals surface area contributed by atoms with Crippen LogP contribution in [0, 0.1) is 11.6 Å². The van der Waals surface area contributed by atoms with E-state index in [-0.39, 0.29) is 13.1 Å². The molecule has 0 N–H and O–H groups in total. The minimum atomic E-state index is -0.866. The van der Waals surface area contributed by atoms with E-state index in [1.54, 1.807) is 6.07 Å². The highest BCUT2D eigenvalue weighted by molar-refractivity contribution is 6.33. The summed E-state index contributed by atoms with van der Waals surface area (Å²) in [5, 5.41) is 10.3. The first-order chi connectivity index (χ1) is 17.5. The Morgan fingerprint density at radius 3 is 2.28 bits per heavy atom. The molecule has 5 aromatic rings. The molecule has 1 aliphatic heterocycles. The van der Waals surface area contributed by atoms with E-state index < -0.39 is 23.1 Å². The number of hydrogen-bond donors (Lipinski definition) is 0. The summed E-state index contributed by atoms with van der Waals surface area (Å²) in [6, 6.07) is 18.5. The Hall–Kier alpha value is -4.11. The molecule has 180 valence electrons. The van der Waals surface area contributed by atoms with Crippen molar-refractivity contribution in [1.29, 1.82) is 0 Å². The first-order valence-electron chi connectivity index (χ1n) is 11.4. The molecular weight excluding hydrogens is 486 g/mol. The second-order valence-corrected chi connectivity index (χ2v) is 8.87. The molecule has 1 saturated heterocycles. The normalized spacial score (nSPS) is 14.1. The van der Waals surface area contributed by atoms with E-state index in [1.807, 2.05) is 51.8 Å². The molecule has 1 amide bonds. The second-order valence-electron chi connectivity index (χ2n) is 8.47. The fraction of sp³-hybridized carbons (Fsp3) is 0.154. The van der Waals surface area contributed by atoms with Crippen LogP contribution in [0.4, 0.5) is 14.7 Å². The Morgan fingerprint density at radius 2 is 1.53 bits per heavy atom. The third-order valence-corrected chi connectivity index (χ3v) is 6.70. The monoisotopic (exact) mass is 504 g/mol. The van der Waals surface area contributed by atoms with Gasteiger partial charge in [-0.2, -0.15) is 0 Å². The summed E-state index contributed by atoms with van der Waals surface area (Å²) < 4.78 is 30.2. The van der Waals surface area contributed by atoms with Crippen LogP contribution in [-0.4, -0.2) is 56.6 Å². The number of fused-ring (bicyclic) bond motifs is 3. The second kappa shape index (κ2) is 8.83. The van der Waals surface area contributed by atoms with Gasteiger partial charge in [-0.25, -0.2) is 18.2 Å². The summed E-state index contributed by atoms with van der Waals surface area (Å²) in [6.07, 6.45) is 0. The summed E-state index contributed by atoms with van der Waals surface area (Å²) >= 11 is 6.49. The van der Waals surface area contributed by atoms with Crippen molar-refractivity contribution in [1.82, 2.24) is 24.5 Å². The zero-order chi connectivity index (χ0) is 24.8. The van der Waals surface area contributed by atoms with Gasteiger partial charge in [0.05, 0.1) is 10.5 Å². The van der Waals surface area contributed by atoms with Crippen LogP contribution in [0.1, 0.15) is 10.4 Å². The average molecular weight is 505 g/mol. The molecule has 0 atom stereocenters. The van der Waals surface area contributed by atoms with Gasteiger partial charge >= 0.3 is 0 Å². The van der Waals surface area contributed by atoms with Crippen LogP contribution in [0.5, 0.6) is 0 Å². The Balaban J connectivity index is 1.40. The zero-order valence-corrected chi connectivity index (χ0v) is 19.7. The maximum absolute atomic E-state index is 14.2. The quantitative estimate of drug-likeness (QED) is 0.352. The first kappa shape index (κ1) is 22.4. The van der Waals surface area contributed by atoms with E-state index in [4.69, 9.17) is 16.6 Å². The van der Waals surface area contributed by atoms with Crippen molar-refractivity contribution >= 4 is 40.0 Å². The molecule has 36 heavy (non-hydrogen) atoms. The fourth-order valence-electron chi connectivity index (χ4n) is 4.56. The number of halogens is 3. The van der Waals surface area contributed by atoms with E-state index in [1.165, 1.54) is 11.0 Å². The van der Waals surface area contributed by atoms with Crippen molar-refractivity contribution in [3.05, 3.63) is 89.0 Å². The number of para-hydroxylation sites is 1. The average Bonchev–Trinajstić information content (AvgIpc) is 3.34. The largest absolute Gasteiger partial charge is 0.338 e. The maximum atomic E-state index is 14.2. The van der Waals surface area contributed by atoms with E-state index in [0.29, 0.717) is 41.1 Å². The predicted octanol–water partition coefficient (Wildman–Crippen LogP) is 4.84. The van der Waals surface area contributed by atoms with E-state index in [2.05, 4.69) is 10.2 Å². The van der Waals surface area contributed by atoms with Gasteiger partial charge in [0.2, 0.25) is 5.95 Å².